The van der Waals surface area contributed by atoms with Crippen molar-refractivity contribution in [1.82, 2.24) is 10.6 Å². The Morgan fingerprint density at radius 2 is 1.43 bits per heavy atom. The lowest BCUT2D eigenvalue weighted by atomic mass is 9.44. The smallest absolute Gasteiger partial charge is 0.349 e. The topological polar surface area (TPSA) is 296 Å². The molecule has 1 saturated heterocycles. The molecule has 90 heavy (non-hydrogen) atoms. The molecule has 2 heterocycles. The summed E-state index contributed by atoms with van der Waals surface area (Å²) in [7, 11) is -3.04. The number of hydrogen-bond donors (Lipinski definition) is 4. The number of phenolic OH excluding ortho intramolecular Hbond substituents is 1. The number of Topliss-reactive ketones (excluding diaryl/α,β-unsaturated/α-hetero) is 1. The largest absolute Gasteiger partial charge is 0.508 e. The maximum Gasteiger partial charge on any atom is 0.349 e. The molecule has 2 saturated carbocycles. The van der Waals surface area contributed by atoms with Crippen LogP contribution in [0.3, 0.4) is 0 Å². The fourth-order valence-corrected chi connectivity index (χ4v) is 14.2. The van der Waals surface area contributed by atoms with Gasteiger partial charge in [0.15, 0.2) is 31.9 Å². The van der Waals surface area contributed by atoms with E-state index in [-0.39, 0.29) is 52.6 Å². The minimum Gasteiger partial charge on any atom is -0.508 e. The van der Waals surface area contributed by atoms with Gasteiger partial charge in [0.1, 0.15) is 52.7 Å². The maximum absolute atomic E-state index is 16.6. The standard InChI is InChI=1S/C67H75FN2O19Si/c1-36-47(85-62(80)54(89-90(10,11)63(4,5)6)52(39-22-15-12-16-23-39)70-58(76)40-24-17-13-18-25-40)34-67(81)57(87-60(78)41-26-19-14-20-27-41)55-65(9,56(75)53(83-37(2)71)51(36)64(67,7)8)48(33-49-66(55,35-82-49)88-38(3)72)86-50(74)28-21-29-69-59(77)44-32-43-45(68)30-42(73)31-46(43)84-61(44)79/h12-20,22-27,30-32,47-49,52-55,57,73,81H,21,28-29,33-35H2,1-11H3,(H,69,77)(H,70,76)/t47?,48?,49-,52-,53?,54+,55?,57-,65?,66-,67?/m0/s1. The number of ether oxygens (including phenoxy) is 6. The molecule has 1 aromatic heterocycles. The van der Waals surface area contributed by atoms with Crippen molar-refractivity contribution in [1.29, 1.82) is 0 Å². The molecule has 3 aliphatic carbocycles. The van der Waals surface area contributed by atoms with E-state index >= 15 is 9.59 Å². The molecule has 21 nitrogen and oxygen atoms in total. The molecule has 478 valence electrons. The number of carbonyl (C=O) groups is 8. The van der Waals surface area contributed by atoms with E-state index in [1.165, 1.54) is 19.1 Å². The minimum atomic E-state index is -3.04. The predicted molar refractivity (Wildman–Crippen MR) is 323 cm³/mol. The Morgan fingerprint density at radius 1 is 0.811 bits per heavy atom. The molecule has 2 amide bonds. The van der Waals surface area contributed by atoms with Crippen LogP contribution in [0, 0.1) is 22.6 Å². The van der Waals surface area contributed by atoms with Crippen LogP contribution in [-0.4, -0.2) is 127 Å². The van der Waals surface area contributed by atoms with Crippen LogP contribution in [0.15, 0.2) is 130 Å². The van der Waals surface area contributed by atoms with Crippen LogP contribution in [0.5, 0.6) is 5.75 Å². The van der Waals surface area contributed by atoms with E-state index in [4.69, 9.17) is 37.3 Å². The highest BCUT2D eigenvalue weighted by atomic mass is 28.4. The number of esters is 5. The molecule has 6 unspecified atom stereocenters. The quantitative estimate of drug-likeness (QED) is 0.0160. The second-order valence-electron chi connectivity index (χ2n) is 25.8. The first kappa shape index (κ1) is 66.0. The summed E-state index contributed by atoms with van der Waals surface area (Å²) >= 11 is 0. The number of fused-ring (bicyclic) bond motifs is 6. The van der Waals surface area contributed by atoms with Crippen molar-refractivity contribution < 1.29 is 90.2 Å². The average molecular weight is 1260 g/mol. The van der Waals surface area contributed by atoms with Gasteiger partial charge in [-0.15, -0.1) is 0 Å². The number of nitrogens with one attached hydrogen (secondary N) is 2. The van der Waals surface area contributed by atoms with Gasteiger partial charge in [0, 0.05) is 62.8 Å². The maximum atomic E-state index is 16.6. The Morgan fingerprint density at radius 3 is 2.02 bits per heavy atom. The fourth-order valence-electron chi connectivity index (χ4n) is 13.0. The van der Waals surface area contributed by atoms with Gasteiger partial charge in [-0.3, -0.25) is 28.8 Å². The van der Waals surface area contributed by atoms with E-state index in [9.17, 15) is 48.2 Å². The second kappa shape index (κ2) is 25.1. The first-order valence-corrected chi connectivity index (χ1v) is 32.6. The number of ketones is 1. The van der Waals surface area contributed by atoms with Crippen LogP contribution in [0.1, 0.15) is 131 Å². The third kappa shape index (κ3) is 12.3. The van der Waals surface area contributed by atoms with E-state index in [0.29, 0.717) is 5.56 Å². The number of aliphatic hydroxyl groups is 1. The SMILES string of the molecule is CC(=O)OC1C(=O)C2(C)C(OC(=O)CCCNC(=O)c3cc4c(F)cc(O)cc4oc3=O)C[C@@H]3OC[C@@]3(OC(C)=O)C2[C@H](OC(=O)c2ccccc2)C2(O)CC(OC(=O)[C@H](O[Si](C)(C)C(C)(C)C)[C@@H](NC(=O)c3ccccc3)c3ccccc3)C(C)=C1C2(C)C. The van der Waals surface area contributed by atoms with Crippen LogP contribution in [-0.2, 0) is 56.8 Å². The predicted octanol–water partition coefficient (Wildman–Crippen LogP) is 8.48. The summed E-state index contributed by atoms with van der Waals surface area (Å²) in [6, 6.07) is 26.3. The first-order chi connectivity index (χ1) is 42.2. The molecule has 9 rings (SSSR count). The number of hydrogen-bond acceptors (Lipinski definition) is 19. The Hall–Kier alpha value is -8.38. The Kier molecular flexibility index (Phi) is 18.4. The summed E-state index contributed by atoms with van der Waals surface area (Å²) in [4.78, 5) is 129. The van der Waals surface area contributed by atoms with Gasteiger partial charge in [0.05, 0.1) is 34.9 Å². The molecule has 0 spiro atoms. The van der Waals surface area contributed by atoms with Gasteiger partial charge >= 0.3 is 35.5 Å². The van der Waals surface area contributed by atoms with Crippen molar-refractivity contribution in [2.24, 2.45) is 16.7 Å². The lowest BCUT2D eigenvalue weighted by Crippen LogP contribution is -2.82. The molecule has 1 aliphatic heterocycles. The fraction of sp³-hybridized carbons (Fsp3) is 0.448. The normalized spacial score (nSPS) is 25.9. The van der Waals surface area contributed by atoms with Gasteiger partial charge in [-0.05, 0) is 85.4 Å². The van der Waals surface area contributed by atoms with Gasteiger partial charge in [-0.25, -0.2) is 18.8 Å². The van der Waals surface area contributed by atoms with Gasteiger partial charge < -0.3 is 58.1 Å². The number of carbonyl (C=O) groups excluding carboxylic acids is 8. The molecule has 5 aromatic rings. The molecule has 11 atom stereocenters. The van der Waals surface area contributed by atoms with Crippen molar-refractivity contribution >= 4 is 66.7 Å². The van der Waals surface area contributed by atoms with E-state index in [1.807, 2.05) is 33.9 Å². The summed E-state index contributed by atoms with van der Waals surface area (Å²) < 4.78 is 65.1. The van der Waals surface area contributed by atoms with E-state index in [1.54, 1.807) is 99.6 Å². The summed E-state index contributed by atoms with van der Waals surface area (Å²) in [5, 5.41) is 29.0. The van der Waals surface area contributed by atoms with Crippen LogP contribution in [0.4, 0.5) is 4.39 Å². The summed E-state index contributed by atoms with van der Waals surface area (Å²) in [6.45, 7) is 17.3. The van der Waals surface area contributed by atoms with Gasteiger partial charge in [0.2, 0.25) is 0 Å². The van der Waals surface area contributed by atoms with Gasteiger partial charge in [-0.2, -0.15) is 0 Å². The molecular formula is C67H75FN2O19Si. The van der Waals surface area contributed by atoms with Crippen molar-refractivity contribution in [2.75, 3.05) is 13.2 Å². The highest BCUT2D eigenvalue weighted by Gasteiger charge is 2.79. The number of rotatable bonds is 18. The van der Waals surface area contributed by atoms with E-state index in [0.717, 1.165) is 32.0 Å². The third-order valence-electron chi connectivity index (χ3n) is 18.8. The molecule has 4 aromatic carbocycles. The molecule has 4 N–H and O–H groups in total. The zero-order valence-electron chi connectivity index (χ0n) is 52.0. The molecule has 0 radical (unpaired) electrons. The van der Waals surface area contributed by atoms with Crippen molar-refractivity contribution in [3.05, 3.63) is 159 Å². The highest BCUT2D eigenvalue weighted by molar-refractivity contribution is 6.74. The van der Waals surface area contributed by atoms with Crippen molar-refractivity contribution in [3.8, 4) is 5.75 Å². The molecular weight excluding hydrogens is 1180 g/mol. The third-order valence-corrected chi connectivity index (χ3v) is 23.3. The van der Waals surface area contributed by atoms with Crippen LogP contribution in [0.25, 0.3) is 11.0 Å². The molecule has 23 heteroatoms. The zero-order valence-corrected chi connectivity index (χ0v) is 53.0. The van der Waals surface area contributed by atoms with Crippen LogP contribution in [0.2, 0.25) is 18.1 Å². The molecule has 3 fully saturated rings. The lowest BCUT2D eigenvalue weighted by molar-refractivity contribution is -0.346. The van der Waals surface area contributed by atoms with Crippen LogP contribution >= 0.6 is 0 Å². The molecule has 4 aliphatic rings. The number of halogens is 1. The summed E-state index contributed by atoms with van der Waals surface area (Å²) in [5.74, 6) is -10.5. The zero-order chi connectivity index (χ0) is 65.6. The van der Waals surface area contributed by atoms with E-state index < -0.39 is 174 Å². The first-order valence-electron chi connectivity index (χ1n) is 29.7. The van der Waals surface area contributed by atoms with Gasteiger partial charge in [-0.1, -0.05) is 101 Å². The summed E-state index contributed by atoms with van der Waals surface area (Å²) in [5.41, 5.74) is -9.76. The Labute approximate surface area is 520 Å². The highest BCUT2D eigenvalue weighted by Crippen LogP contribution is 2.65. The van der Waals surface area contributed by atoms with Crippen molar-refractivity contribution in [2.45, 2.75) is 160 Å². The van der Waals surface area contributed by atoms with Crippen LogP contribution < -0.4 is 16.3 Å². The average Bonchev–Trinajstić information content (AvgIpc) is 0.669. The Bertz CT molecular complexity index is 3740. The minimum absolute atomic E-state index is 0.00426. The second-order valence-corrected chi connectivity index (χ2v) is 30.6. The van der Waals surface area contributed by atoms with Crippen molar-refractivity contribution in [3.63, 3.8) is 0 Å². The monoisotopic (exact) mass is 1260 g/mol. The molecule has 2 bridgehead atoms. The number of amides is 2. The number of phenols is 1. The summed E-state index contributed by atoms with van der Waals surface area (Å²) in [6.07, 6.45) is -11.5. The Balaban J connectivity index is 1.15. The van der Waals surface area contributed by atoms with E-state index in [2.05, 4.69) is 10.6 Å². The number of benzene rings is 4. The van der Waals surface area contributed by atoms with Gasteiger partial charge in [0.25, 0.3) is 11.8 Å². The lowest BCUT2D eigenvalue weighted by Gasteiger charge is -2.67. The number of aromatic hydroxyl groups is 1.